The van der Waals surface area contributed by atoms with Gasteiger partial charge >= 0.3 is 0 Å². The van der Waals surface area contributed by atoms with Crippen LogP contribution in [0.3, 0.4) is 0 Å². The van der Waals surface area contributed by atoms with Crippen LogP contribution in [0, 0.1) is 12.8 Å². The highest BCUT2D eigenvalue weighted by Gasteiger charge is 2.22. The maximum absolute atomic E-state index is 6.06. The quantitative estimate of drug-likeness (QED) is 0.315. The molecule has 0 spiro atoms. The van der Waals surface area contributed by atoms with Gasteiger partial charge in [-0.2, -0.15) is 0 Å². The van der Waals surface area contributed by atoms with E-state index in [1.807, 2.05) is 0 Å². The van der Waals surface area contributed by atoms with Gasteiger partial charge in [0, 0.05) is 0 Å². The Labute approximate surface area is 169 Å². The highest BCUT2D eigenvalue weighted by Crippen LogP contribution is 2.38. The van der Waals surface area contributed by atoms with Gasteiger partial charge in [0.1, 0.15) is 5.75 Å². The van der Waals surface area contributed by atoms with Gasteiger partial charge in [0.05, 0.1) is 6.61 Å². The standard InChI is InChI=1S/C26H44O/c1-4-6-8-9-10-12-20-27-26-19-18-25(21-22(26)3)24-16-14-23(15-17-24)13-11-7-5-2/h18-19,21,23-24H,4-17,20H2,1-3H3. The van der Waals surface area contributed by atoms with Crippen molar-refractivity contribution in [2.24, 2.45) is 5.92 Å². The Morgan fingerprint density at radius 1 is 0.815 bits per heavy atom. The van der Waals surface area contributed by atoms with Crippen LogP contribution in [0.4, 0.5) is 0 Å². The molecule has 1 aliphatic carbocycles. The molecular weight excluding hydrogens is 328 g/mol. The molecule has 0 aliphatic heterocycles. The Morgan fingerprint density at radius 3 is 2.19 bits per heavy atom. The minimum absolute atomic E-state index is 0.777. The largest absolute Gasteiger partial charge is 0.493 e. The molecule has 0 heterocycles. The highest BCUT2D eigenvalue weighted by molar-refractivity contribution is 5.37. The summed E-state index contributed by atoms with van der Waals surface area (Å²) in [6.07, 6.45) is 19.2. The van der Waals surface area contributed by atoms with Gasteiger partial charge in [0.25, 0.3) is 0 Å². The first-order valence-electron chi connectivity index (χ1n) is 12.0. The molecule has 0 radical (unpaired) electrons. The molecular formula is C26H44O. The van der Waals surface area contributed by atoms with E-state index in [0.29, 0.717) is 0 Å². The van der Waals surface area contributed by atoms with Gasteiger partial charge in [-0.3, -0.25) is 0 Å². The first-order valence-corrected chi connectivity index (χ1v) is 12.0. The average Bonchev–Trinajstić information content (AvgIpc) is 2.69. The van der Waals surface area contributed by atoms with Gasteiger partial charge in [-0.15, -0.1) is 0 Å². The highest BCUT2D eigenvalue weighted by atomic mass is 16.5. The Kier molecular flexibility index (Phi) is 10.9. The Balaban J connectivity index is 1.70. The summed E-state index contributed by atoms with van der Waals surface area (Å²) in [6.45, 7) is 7.67. The maximum Gasteiger partial charge on any atom is 0.122 e. The molecule has 0 N–H and O–H groups in total. The number of aryl methyl sites for hydroxylation is 1. The monoisotopic (exact) mass is 372 g/mol. The van der Waals surface area contributed by atoms with E-state index in [9.17, 15) is 0 Å². The molecule has 0 amide bonds. The Bertz CT molecular complexity index is 499. The van der Waals surface area contributed by atoms with Crippen LogP contribution in [-0.4, -0.2) is 6.61 Å². The zero-order chi connectivity index (χ0) is 19.3. The van der Waals surface area contributed by atoms with E-state index in [1.54, 1.807) is 5.56 Å². The summed E-state index contributed by atoms with van der Waals surface area (Å²) in [7, 11) is 0. The number of unbranched alkanes of at least 4 members (excludes halogenated alkanes) is 7. The second-order valence-corrected chi connectivity index (χ2v) is 8.85. The number of rotatable bonds is 13. The topological polar surface area (TPSA) is 9.23 Å². The van der Waals surface area contributed by atoms with E-state index in [-0.39, 0.29) is 0 Å². The third-order valence-corrected chi connectivity index (χ3v) is 6.49. The second-order valence-electron chi connectivity index (χ2n) is 8.85. The number of benzene rings is 1. The van der Waals surface area contributed by atoms with Gasteiger partial charge in [-0.1, -0.05) is 83.8 Å². The first kappa shape index (κ1) is 22.3. The van der Waals surface area contributed by atoms with Crippen molar-refractivity contribution in [3.05, 3.63) is 29.3 Å². The predicted molar refractivity (Wildman–Crippen MR) is 119 cm³/mol. The Hall–Kier alpha value is -0.980. The molecule has 27 heavy (non-hydrogen) atoms. The van der Waals surface area contributed by atoms with Gasteiger partial charge in [-0.05, 0) is 68.1 Å². The van der Waals surface area contributed by atoms with E-state index < -0.39 is 0 Å². The molecule has 154 valence electrons. The molecule has 1 saturated carbocycles. The lowest BCUT2D eigenvalue weighted by atomic mass is 9.77. The van der Waals surface area contributed by atoms with Gasteiger partial charge < -0.3 is 4.74 Å². The van der Waals surface area contributed by atoms with Gasteiger partial charge in [0.15, 0.2) is 0 Å². The number of hydrogen-bond acceptors (Lipinski definition) is 1. The molecule has 1 aromatic rings. The van der Waals surface area contributed by atoms with E-state index in [0.717, 1.165) is 24.2 Å². The van der Waals surface area contributed by atoms with Crippen LogP contribution >= 0.6 is 0 Å². The van der Waals surface area contributed by atoms with Crippen LogP contribution in [0.2, 0.25) is 0 Å². The van der Waals surface area contributed by atoms with Crippen LogP contribution in [0.1, 0.15) is 121 Å². The van der Waals surface area contributed by atoms with Crippen molar-refractivity contribution in [2.45, 2.75) is 117 Å². The van der Waals surface area contributed by atoms with Crippen molar-refractivity contribution < 1.29 is 4.74 Å². The first-order chi connectivity index (χ1) is 13.2. The van der Waals surface area contributed by atoms with Crippen molar-refractivity contribution in [1.82, 2.24) is 0 Å². The van der Waals surface area contributed by atoms with Crippen molar-refractivity contribution in [3.8, 4) is 5.75 Å². The van der Waals surface area contributed by atoms with Gasteiger partial charge in [0.2, 0.25) is 0 Å². The fourth-order valence-electron chi connectivity index (χ4n) is 4.62. The van der Waals surface area contributed by atoms with Crippen molar-refractivity contribution >= 4 is 0 Å². The fourth-order valence-corrected chi connectivity index (χ4v) is 4.62. The van der Waals surface area contributed by atoms with Crippen molar-refractivity contribution in [3.63, 3.8) is 0 Å². The predicted octanol–water partition coefficient (Wildman–Crippen LogP) is 8.59. The number of ether oxygens (including phenoxy) is 1. The van der Waals surface area contributed by atoms with Crippen molar-refractivity contribution in [2.75, 3.05) is 6.61 Å². The smallest absolute Gasteiger partial charge is 0.122 e. The Morgan fingerprint density at radius 2 is 1.48 bits per heavy atom. The van der Waals surface area contributed by atoms with Crippen LogP contribution < -0.4 is 4.74 Å². The zero-order valence-corrected chi connectivity index (χ0v) is 18.4. The number of hydrogen-bond donors (Lipinski definition) is 0. The summed E-state index contributed by atoms with van der Waals surface area (Å²) in [5, 5.41) is 0. The molecule has 0 saturated heterocycles. The zero-order valence-electron chi connectivity index (χ0n) is 18.4. The SMILES string of the molecule is CCCCCCCCOc1ccc(C2CCC(CCCCC)CC2)cc1C. The van der Waals surface area contributed by atoms with E-state index in [2.05, 4.69) is 39.0 Å². The summed E-state index contributed by atoms with van der Waals surface area (Å²) >= 11 is 0. The van der Waals surface area contributed by atoms with Crippen LogP contribution in [-0.2, 0) is 0 Å². The molecule has 0 atom stereocenters. The average molecular weight is 373 g/mol. The summed E-state index contributed by atoms with van der Waals surface area (Å²) in [6, 6.07) is 6.97. The molecule has 1 nitrogen and oxygen atoms in total. The third-order valence-electron chi connectivity index (χ3n) is 6.49. The third kappa shape index (κ3) is 8.28. The fraction of sp³-hybridized carbons (Fsp3) is 0.769. The molecule has 0 aromatic heterocycles. The minimum Gasteiger partial charge on any atom is -0.493 e. The summed E-state index contributed by atoms with van der Waals surface area (Å²) in [5.41, 5.74) is 2.87. The van der Waals surface area contributed by atoms with Crippen LogP contribution in [0.15, 0.2) is 18.2 Å². The molecule has 1 fully saturated rings. The molecule has 1 heteroatoms. The van der Waals surface area contributed by atoms with Crippen LogP contribution in [0.5, 0.6) is 5.75 Å². The summed E-state index contributed by atoms with van der Waals surface area (Å²) < 4.78 is 6.06. The maximum atomic E-state index is 6.06. The molecule has 0 unspecified atom stereocenters. The molecule has 2 rings (SSSR count). The summed E-state index contributed by atoms with van der Waals surface area (Å²) in [4.78, 5) is 0. The second kappa shape index (κ2) is 13.2. The van der Waals surface area contributed by atoms with E-state index >= 15 is 0 Å². The molecule has 0 bridgehead atoms. The molecule has 1 aliphatic rings. The van der Waals surface area contributed by atoms with Gasteiger partial charge in [-0.25, -0.2) is 0 Å². The summed E-state index contributed by atoms with van der Waals surface area (Å²) in [5.74, 6) is 2.87. The van der Waals surface area contributed by atoms with E-state index in [1.165, 1.54) is 95.5 Å². The van der Waals surface area contributed by atoms with Crippen molar-refractivity contribution in [1.29, 1.82) is 0 Å². The van der Waals surface area contributed by atoms with Crippen LogP contribution in [0.25, 0.3) is 0 Å². The minimum atomic E-state index is 0.777. The molecule has 1 aromatic carbocycles. The lowest BCUT2D eigenvalue weighted by Gasteiger charge is -2.29. The lowest BCUT2D eigenvalue weighted by molar-refractivity contribution is 0.298. The lowest BCUT2D eigenvalue weighted by Crippen LogP contribution is -2.13. The van der Waals surface area contributed by atoms with E-state index in [4.69, 9.17) is 4.74 Å². The normalized spacial score (nSPS) is 20.0.